The van der Waals surface area contributed by atoms with Gasteiger partial charge >= 0.3 is 7.12 Å². The molecule has 4 N–H and O–H groups in total. The molecule has 8 nitrogen and oxygen atoms in total. The number of benzene rings is 2. The zero-order valence-corrected chi connectivity index (χ0v) is 19.9. The zero-order chi connectivity index (χ0) is 25.3. The Morgan fingerprint density at radius 2 is 1.67 bits per heavy atom. The maximum atomic E-state index is 13.3. The number of carbonyl (C=O) groups is 2. The SMILES string of the molecule is O=C(N[C@@H](Cc1ccccc1)C(=O)N[C@@H](CC1CCC1)B(O)O)c1cccnc1Oc1ccccc1. The minimum Gasteiger partial charge on any atom is -0.438 e. The lowest BCUT2D eigenvalue weighted by atomic mass is 9.69. The summed E-state index contributed by atoms with van der Waals surface area (Å²) in [6.45, 7) is 0. The molecule has 9 heteroatoms. The quantitative estimate of drug-likeness (QED) is 0.309. The third-order valence-corrected chi connectivity index (χ3v) is 6.38. The molecule has 3 aromatic rings. The van der Waals surface area contributed by atoms with E-state index < -0.39 is 30.9 Å². The molecule has 1 heterocycles. The Morgan fingerprint density at radius 1 is 0.972 bits per heavy atom. The number of para-hydroxylation sites is 1. The molecule has 186 valence electrons. The summed E-state index contributed by atoms with van der Waals surface area (Å²) in [6.07, 6.45) is 5.36. The highest BCUT2D eigenvalue weighted by molar-refractivity contribution is 6.43. The van der Waals surface area contributed by atoms with Crippen molar-refractivity contribution >= 4 is 18.9 Å². The predicted octanol–water partition coefficient (Wildman–Crippen LogP) is 2.90. The van der Waals surface area contributed by atoms with Gasteiger partial charge in [0, 0.05) is 12.6 Å². The molecule has 2 atom stereocenters. The van der Waals surface area contributed by atoms with Gasteiger partial charge in [0.05, 0.1) is 5.94 Å². The number of rotatable bonds is 11. The summed E-state index contributed by atoms with van der Waals surface area (Å²) in [5, 5.41) is 25.3. The summed E-state index contributed by atoms with van der Waals surface area (Å²) >= 11 is 0. The van der Waals surface area contributed by atoms with Crippen LogP contribution in [0.4, 0.5) is 0 Å². The normalized spacial score (nSPS) is 14.7. The molecule has 1 saturated carbocycles. The molecule has 1 fully saturated rings. The second kappa shape index (κ2) is 12.3. The van der Waals surface area contributed by atoms with Crippen LogP contribution in [0.1, 0.15) is 41.6 Å². The van der Waals surface area contributed by atoms with E-state index in [4.69, 9.17) is 4.74 Å². The summed E-state index contributed by atoms with van der Waals surface area (Å²) in [4.78, 5) is 30.8. The third kappa shape index (κ3) is 6.93. The predicted molar refractivity (Wildman–Crippen MR) is 136 cm³/mol. The summed E-state index contributed by atoms with van der Waals surface area (Å²) in [6, 6.07) is 20.6. The van der Waals surface area contributed by atoms with Crippen molar-refractivity contribution in [2.45, 2.75) is 44.1 Å². The summed E-state index contributed by atoms with van der Waals surface area (Å²) in [5.41, 5.74) is 1.03. The van der Waals surface area contributed by atoms with Gasteiger partial charge in [-0.25, -0.2) is 4.98 Å². The maximum Gasteiger partial charge on any atom is 0.475 e. The van der Waals surface area contributed by atoms with Crippen LogP contribution in [0.5, 0.6) is 11.6 Å². The molecule has 0 bridgehead atoms. The molecule has 1 aliphatic rings. The Bertz CT molecular complexity index is 1140. The van der Waals surface area contributed by atoms with Crippen LogP contribution in [0.2, 0.25) is 0 Å². The Hall–Kier alpha value is -3.69. The van der Waals surface area contributed by atoms with E-state index in [-0.39, 0.29) is 17.9 Å². The molecule has 0 radical (unpaired) electrons. The van der Waals surface area contributed by atoms with Crippen LogP contribution >= 0.6 is 0 Å². The van der Waals surface area contributed by atoms with Crippen molar-refractivity contribution in [2.75, 3.05) is 0 Å². The number of nitrogens with one attached hydrogen (secondary N) is 2. The zero-order valence-electron chi connectivity index (χ0n) is 19.9. The van der Waals surface area contributed by atoms with E-state index in [1.807, 2.05) is 48.5 Å². The Morgan fingerprint density at radius 3 is 2.31 bits per heavy atom. The lowest BCUT2D eigenvalue weighted by Gasteiger charge is -2.30. The van der Waals surface area contributed by atoms with Gasteiger partial charge in [-0.3, -0.25) is 9.59 Å². The average molecular weight is 487 g/mol. The molecule has 0 aliphatic heterocycles. The van der Waals surface area contributed by atoms with Crippen molar-refractivity contribution in [1.29, 1.82) is 0 Å². The smallest absolute Gasteiger partial charge is 0.438 e. The third-order valence-electron chi connectivity index (χ3n) is 6.38. The Balaban J connectivity index is 1.52. The van der Waals surface area contributed by atoms with Crippen molar-refractivity contribution < 1.29 is 24.4 Å². The van der Waals surface area contributed by atoms with Gasteiger partial charge in [-0.2, -0.15) is 0 Å². The van der Waals surface area contributed by atoms with Crippen LogP contribution in [-0.2, 0) is 11.2 Å². The second-order valence-electron chi connectivity index (χ2n) is 9.05. The molecular weight excluding hydrogens is 457 g/mol. The van der Waals surface area contributed by atoms with Crippen LogP contribution in [0.3, 0.4) is 0 Å². The largest absolute Gasteiger partial charge is 0.475 e. The monoisotopic (exact) mass is 487 g/mol. The molecule has 4 rings (SSSR count). The van der Waals surface area contributed by atoms with Crippen LogP contribution in [0.25, 0.3) is 0 Å². The molecule has 1 aromatic heterocycles. The van der Waals surface area contributed by atoms with Crippen LogP contribution in [-0.4, -0.2) is 45.9 Å². The number of pyridine rings is 1. The van der Waals surface area contributed by atoms with Gasteiger partial charge in [0.15, 0.2) is 0 Å². The summed E-state index contributed by atoms with van der Waals surface area (Å²) in [7, 11) is -1.69. The van der Waals surface area contributed by atoms with Gasteiger partial charge < -0.3 is 25.4 Å². The van der Waals surface area contributed by atoms with Gasteiger partial charge in [-0.1, -0.05) is 67.8 Å². The van der Waals surface area contributed by atoms with Crippen LogP contribution < -0.4 is 15.4 Å². The first-order valence-electron chi connectivity index (χ1n) is 12.2. The maximum absolute atomic E-state index is 13.3. The molecule has 2 aromatic carbocycles. The Kier molecular flexibility index (Phi) is 8.70. The topological polar surface area (TPSA) is 121 Å². The fourth-order valence-electron chi connectivity index (χ4n) is 4.17. The fraction of sp³-hybridized carbons (Fsp3) is 0.296. The van der Waals surface area contributed by atoms with Crippen molar-refractivity contribution in [2.24, 2.45) is 5.92 Å². The van der Waals surface area contributed by atoms with E-state index in [2.05, 4.69) is 15.6 Å². The highest BCUT2D eigenvalue weighted by Crippen LogP contribution is 2.30. The van der Waals surface area contributed by atoms with Crippen molar-refractivity contribution in [1.82, 2.24) is 15.6 Å². The van der Waals surface area contributed by atoms with E-state index >= 15 is 0 Å². The van der Waals surface area contributed by atoms with Gasteiger partial charge in [-0.05, 0) is 42.2 Å². The fourth-order valence-corrected chi connectivity index (χ4v) is 4.17. The number of nitrogens with zero attached hydrogens (tertiary/aromatic N) is 1. The van der Waals surface area contributed by atoms with Gasteiger partial charge in [0.1, 0.15) is 17.4 Å². The summed E-state index contributed by atoms with van der Waals surface area (Å²) in [5.74, 6) is -0.821. The number of carbonyl (C=O) groups excluding carboxylic acids is 2. The minimum absolute atomic E-state index is 0.119. The first kappa shape index (κ1) is 25.4. The number of ether oxygens (including phenoxy) is 1. The molecular formula is C27H30BN3O5. The molecule has 2 amide bonds. The molecule has 1 aliphatic carbocycles. The Labute approximate surface area is 210 Å². The highest BCUT2D eigenvalue weighted by Gasteiger charge is 2.33. The number of hydrogen-bond acceptors (Lipinski definition) is 6. The van der Waals surface area contributed by atoms with E-state index in [1.54, 1.807) is 24.3 Å². The number of amides is 2. The van der Waals surface area contributed by atoms with Gasteiger partial charge in [0.2, 0.25) is 11.8 Å². The first-order chi connectivity index (χ1) is 17.5. The number of aromatic nitrogens is 1. The minimum atomic E-state index is -1.69. The van der Waals surface area contributed by atoms with Crippen molar-refractivity contribution in [3.63, 3.8) is 0 Å². The van der Waals surface area contributed by atoms with E-state index in [0.717, 1.165) is 24.8 Å². The molecule has 0 saturated heterocycles. The van der Waals surface area contributed by atoms with Crippen molar-refractivity contribution in [3.05, 3.63) is 90.1 Å². The van der Waals surface area contributed by atoms with E-state index in [0.29, 0.717) is 18.1 Å². The van der Waals surface area contributed by atoms with Crippen LogP contribution in [0, 0.1) is 5.92 Å². The average Bonchev–Trinajstić information content (AvgIpc) is 2.86. The van der Waals surface area contributed by atoms with Gasteiger partial charge in [0.25, 0.3) is 5.91 Å². The van der Waals surface area contributed by atoms with Crippen LogP contribution in [0.15, 0.2) is 79.0 Å². The first-order valence-corrected chi connectivity index (χ1v) is 12.2. The molecule has 0 unspecified atom stereocenters. The van der Waals surface area contributed by atoms with Crippen molar-refractivity contribution in [3.8, 4) is 11.6 Å². The number of hydrogen-bond donors (Lipinski definition) is 4. The van der Waals surface area contributed by atoms with Gasteiger partial charge in [-0.15, -0.1) is 0 Å². The lowest BCUT2D eigenvalue weighted by Crippen LogP contribution is -2.55. The summed E-state index contributed by atoms with van der Waals surface area (Å²) < 4.78 is 5.81. The molecule has 36 heavy (non-hydrogen) atoms. The van der Waals surface area contributed by atoms with E-state index in [1.165, 1.54) is 6.20 Å². The lowest BCUT2D eigenvalue weighted by molar-refractivity contribution is -0.123. The standard InChI is InChI=1S/C27H30BN3O5/c32-25(22-15-8-16-29-27(22)36-21-13-5-2-6-14-21)30-23(17-19-9-3-1-4-10-19)26(33)31-24(28(34)35)18-20-11-7-12-20/h1-6,8-10,13-16,20,23-24,34-35H,7,11-12,17-18H2,(H,30,32)(H,31,33)/t23-,24-/m0/s1. The molecule has 0 spiro atoms. The highest BCUT2D eigenvalue weighted by atomic mass is 16.5. The van der Waals surface area contributed by atoms with E-state index in [9.17, 15) is 19.6 Å². The second-order valence-corrected chi connectivity index (χ2v) is 9.05.